The molecule has 1 aromatic carbocycles. The molecule has 2 nitrogen and oxygen atoms in total. The van der Waals surface area contributed by atoms with Gasteiger partial charge in [0, 0.05) is 17.9 Å². The maximum atomic E-state index is 5.72. The highest BCUT2D eigenvalue weighted by atomic mass is 35.5. The van der Waals surface area contributed by atoms with E-state index in [0.717, 1.165) is 22.9 Å². The fraction of sp³-hybridized carbons (Fsp3) is 0.467. The number of nitrogens with zero attached hydrogens (tertiary/aromatic N) is 2. The van der Waals surface area contributed by atoms with E-state index in [1.165, 1.54) is 11.1 Å². The number of hydrogen-bond acceptors (Lipinski definition) is 3. The zero-order chi connectivity index (χ0) is 13.9. The Morgan fingerprint density at radius 2 is 1.89 bits per heavy atom. The van der Waals surface area contributed by atoms with Gasteiger partial charge in [-0.3, -0.25) is 0 Å². The highest BCUT2D eigenvalue weighted by Crippen LogP contribution is 2.34. The largest absolute Gasteiger partial charge is 0.148 e. The molecule has 0 saturated heterocycles. The lowest BCUT2D eigenvalue weighted by atomic mass is 9.84. The molecule has 0 fully saturated rings. The minimum atomic E-state index is 0.110. The quantitative estimate of drug-likeness (QED) is 0.766. The molecule has 0 aliphatic rings. The topological polar surface area (TPSA) is 25.8 Å². The molecule has 0 bridgehead atoms. The summed E-state index contributed by atoms with van der Waals surface area (Å²) in [5.41, 5.74) is 2.62. The van der Waals surface area contributed by atoms with Crippen LogP contribution in [0.2, 0.25) is 0 Å². The second-order valence-corrected chi connectivity index (χ2v) is 7.03. The van der Waals surface area contributed by atoms with Gasteiger partial charge in [0.15, 0.2) is 0 Å². The molecular formula is C15H19ClN2S. The van der Waals surface area contributed by atoms with Gasteiger partial charge in [-0.1, -0.05) is 56.4 Å². The summed E-state index contributed by atoms with van der Waals surface area (Å²) < 4.78 is 0. The summed E-state index contributed by atoms with van der Waals surface area (Å²) in [6, 6.07) is 8.45. The number of aryl methyl sites for hydroxylation is 1. The fourth-order valence-electron chi connectivity index (χ4n) is 2.01. The number of benzene rings is 1. The van der Waals surface area contributed by atoms with Crippen LogP contribution < -0.4 is 0 Å². The smallest absolute Gasteiger partial charge is 0.143 e. The summed E-state index contributed by atoms with van der Waals surface area (Å²) in [4.78, 5) is 0. The fourth-order valence-corrected chi connectivity index (χ4v) is 3.06. The van der Waals surface area contributed by atoms with Crippen LogP contribution >= 0.6 is 22.9 Å². The van der Waals surface area contributed by atoms with E-state index in [4.69, 9.17) is 11.6 Å². The van der Waals surface area contributed by atoms with Crippen molar-refractivity contribution in [3.8, 4) is 10.6 Å². The molecule has 1 aromatic heterocycles. The second-order valence-electron chi connectivity index (χ2n) is 5.59. The first-order valence-electron chi connectivity index (χ1n) is 6.50. The minimum Gasteiger partial charge on any atom is -0.143 e. The molecule has 0 aliphatic heterocycles. The molecule has 2 rings (SSSR count). The van der Waals surface area contributed by atoms with Crippen molar-refractivity contribution in [3.05, 3.63) is 34.8 Å². The molecule has 0 atom stereocenters. The van der Waals surface area contributed by atoms with Gasteiger partial charge in [0.2, 0.25) is 0 Å². The van der Waals surface area contributed by atoms with Crippen molar-refractivity contribution in [2.75, 3.05) is 5.88 Å². The predicted octanol–water partition coefficient (Wildman–Crippen LogP) is 4.67. The van der Waals surface area contributed by atoms with Crippen molar-refractivity contribution in [2.45, 2.75) is 39.0 Å². The maximum Gasteiger partial charge on any atom is 0.148 e. The monoisotopic (exact) mass is 294 g/mol. The Morgan fingerprint density at radius 1 is 1.16 bits per heavy atom. The first-order chi connectivity index (χ1) is 9.02. The van der Waals surface area contributed by atoms with Crippen LogP contribution in [0.15, 0.2) is 24.3 Å². The Balaban J connectivity index is 2.34. The van der Waals surface area contributed by atoms with Crippen LogP contribution in [0.1, 0.15) is 37.8 Å². The van der Waals surface area contributed by atoms with E-state index in [9.17, 15) is 0 Å². The van der Waals surface area contributed by atoms with Crippen LogP contribution in [-0.4, -0.2) is 16.1 Å². The molecule has 0 aliphatic carbocycles. The van der Waals surface area contributed by atoms with E-state index >= 15 is 0 Å². The van der Waals surface area contributed by atoms with Gasteiger partial charge in [-0.15, -0.1) is 21.8 Å². The molecule has 0 saturated carbocycles. The molecule has 0 unspecified atom stereocenters. The Kier molecular flexibility index (Phi) is 4.58. The third-order valence-corrected chi connectivity index (χ3v) is 4.24. The Bertz CT molecular complexity index is 543. The van der Waals surface area contributed by atoms with Gasteiger partial charge in [-0.05, 0) is 17.4 Å². The van der Waals surface area contributed by atoms with Gasteiger partial charge < -0.3 is 0 Å². The molecule has 0 spiro atoms. The van der Waals surface area contributed by atoms with Gasteiger partial charge >= 0.3 is 0 Å². The third-order valence-electron chi connectivity index (χ3n) is 2.96. The Hall–Kier alpha value is -0.930. The average Bonchev–Trinajstić information content (AvgIpc) is 2.84. The SMILES string of the molecule is CC(C)(C)c1ccccc1-c1nnc(CCCCl)s1. The number of rotatable bonds is 4. The van der Waals surface area contributed by atoms with Crippen molar-refractivity contribution in [2.24, 2.45) is 0 Å². The lowest BCUT2D eigenvalue weighted by Gasteiger charge is -2.21. The number of aromatic nitrogens is 2. The summed E-state index contributed by atoms with van der Waals surface area (Å²) in [6.45, 7) is 6.67. The number of hydrogen-bond donors (Lipinski definition) is 0. The molecule has 102 valence electrons. The molecule has 1 heterocycles. The van der Waals surface area contributed by atoms with Gasteiger partial charge in [-0.25, -0.2) is 0 Å². The van der Waals surface area contributed by atoms with Crippen LogP contribution in [0.5, 0.6) is 0 Å². The first-order valence-corrected chi connectivity index (χ1v) is 7.85. The lowest BCUT2D eigenvalue weighted by Crippen LogP contribution is -2.12. The summed E-state index contributed by atoms with van der Waals surface area (Å²) in [5, 5.41) is 10.7. The van der Waals surface area contributed by atoms with Crippen LogP contribution in [0.4, 0.5) is 0 Å². The summed E-state index contributed by atoms with van der Waals surface area (Å²) in [5.74, 6) is 0.674. The van der Waals surface area contributed by atoms with E-state index in [2.05, 4.69) is 55.2 Å². The van der Waals surface area contributed by atoms with E-state index in [-0.39, 0.29) is 5.41 Å². The van der Waals surface area contributed by atoms with E-state index in [1.807, 2.05) is 0 Å². The van der Waals surface area contributed by atoms with Gasteiger partial charge in [0.1, 0.15) is 10.0 Å². The molecule has 0 N–H and O–H groups in total. The summed E-state index contributed by atoms with van der Waals surface area (Å²) >= 11 is 7.39. The van der Waals surface area contributed by atoms with Crippen LogP contribution in [0.3, 0.4) is 0 Å². The standard InChI is InChI=1S/C15H19ClN2S/c1-15(2,3)12-8-5-4-7-11(12)14-18-17-13(19-14)9-6-10-16/h4-5,7-8H,6,9-10H2,1-3H3. The van der Waals surface area contributed by atoms with Crippen LogP contribution in [0.25, 0.3) is 10.6 Å². The second kappa shape index (κ2) is 6.02. The summed E-state index contributed by atoms with van der Waals surface area (Å²) in [6.07, 6.45) is 1.87. The van der Waals surface area contributed by atoms with Crippen molar-refractivity contribution in [3.63, 3.8) is 0 Å². The predicted molar refractivity (Wildman–Crippen MR) is 83.1 cm³/mol. The Labute approximate surface area is 123 Å². The number of alkyl halides is 1. The van der Waals surface area contributed by atoms with Crippen LogP contribution in [0, 0.1) is 0 Å². The number of halogens is 1. The molecule has 19 heavy (non-hydrogen) atoms. The normalized spacial score (nSPS) is 11.8. The van der Waals surface area contributed by atoms with Crippen LogP contribution in [-0.2, 0) is 11.8 Å². The van der Waals surface area contributed by atoms with E-state index in [0.29, 0.717) is 5.88 Å². The van der Waals surface area contributed by atoms with Crippen molar-refractivity contribution in [1.29, 1.82) is 0 Å². The van der Waals surface area contributed by atoms with Gasteiger partial charge in [0.05, 0.1) is 0 Å². The van der Waals surface area contributed by atoms with Gasteiger partial charge in [0.25, 0.3) is 0 Å². The Morgan fingerprint density at radius 3 is 2.58 bits per heavy atom. The van der Waals surface area contributed by atoms with E-state index < -0.39 is 0 Å². The van der Waals surface area contributed by atoms with Crippen molar-refractivity contribution < 1.29 is 0 Å². The first kappa shape index (κ1) is 14.5. The average molecular weight is 295 g/mol. The lowest BCUT2D eigenvalue weighted by molar-refractivity contribution is 0.592. The molecule has 4 heteroatoms. The molecule has 2 aromatic rings. The summed E-state index contributed by atoms with van der Waals surface area (Å²) in [7, 11) is 0. The molecule has 0 amide bonds. The van der Waals surface area contributed by atoms with Crippen molar-refractivity contribution in [1.82, 2.24) is 10.2 Å². The highest BCUT2D eigenvalue weighted by molar-refractivity contribution is 7.14. The van der Waals surface area contributed by atoms with Gasteiger partial charge in [-0.2, -0.15) is 0 Å². The molecular weight excluding hydrogens is 276 g/mol. The molecule has 0 radical (unpaired) electrons. The zero-order valence-corrected chi connectivity index (χ0v) is 13.2. The minimum absolute atomic E-state index is 0.110. The maximum absolute atomic E-state index is 5.72. The zero-order valence-electron chi connectivity index (χ0n) is 11.6. The highest BCUT2D eigenvalue weighted by Gasteiger charge is 2.20. The third kappa shape index (κ3) is 3.54. The van der Waals surface area contributed by atoms with E-state index in [1.54, 1.807) is 11.3 Å². The van der Waals surface area contributed by atoms with Crippen molar-refractivity contribution >= 4 is 22.9 Å².